The van der Waals surface area contributed by atoms with Crippen molar-refractivity contribution in [2.45, 2.75) is 18.8 Å². The Morgan fingerprint density at radius 2 is 1.91 bits per heavy atom. The van der Waals surface area contributed by atoms with Crippen molar-refractivity contribution in [2.75, 3.05) is 5.32 Å². The molecule has 2 aromatic heterocycles. The third-order valence-electron chi connectivity index (χ3n) is 3.61. The molecular formula is C16H13ClFN5. The smallest absolute Gasteiger partial charge is 0.253 e. The van der Waals surface area contributed by atoms with E-state index in [1.54, 1.807) is 22.9 Å². The highest BCUT2D eigenvalue weighted by Crippen LogP contribution is 2.39. The first-order valence-electron chi connectivity index (χ1n) is 7.30. The number of rotatable bonds is 4. The summed E-state index contributed by atoms with van der Waals surface area (Å²) >= 11 is 6.08. The van der Waals surface area contributed by atoms with Gasteiger partial charge in [-0.3, -0.25) is 0 Å². The van der Waals surface area contributed by atoms with Crippen LogP contribution >= 0.6 is 11.6 Å². The van der Waals surface area contributed by atoms with Crippen molar-refractivity contribution in [1.82, 2.24) is 19.7 Å². The minimum atomic E-state index is -0.291. The second-order valence-electron chi connectivity index (χ2n) is 5.47. The lowest BCUT2D eigenvalue weighted by Crippen LogP contribution is -2.05. The standard InChI is InChI=1S/C16H13ClFN5/c17-14-9-15(19-12-5-3-11(18)4-6-12)21-16(20-14)23-8-7-13(22-23)10-1-2-10/h3-10H,1-2H2,(H,19,20,21). The molecule has 1 fully saturated rings. The summed E-state index contributed by atoms with van der Waals surface area (Å²) in [6, 6.07) is 9.60. The molecule has 1 saturated carbocycles. The molecule has 0 radical (unpaired) electrons. The zero-order chi connectivity index (χ0) is 15.8. The fourth-order valence-corrected chi connectivity index (χ4v) is 2.48. The van der Waals surface area contributed by atoms with E-state index in [2.05, 4.69) is 20.4 Å². The van der Waals surface area contributed by atoms with Crippen LogP contribution in [0.4, 0.5) is 15.9 Å². The van der Waals surface area contributed by atoms with Crippen molar-refractivity contribution in [1.29, 1.82) is 0 Å². The molecule has 1 aliphatic carbocycles. The quantitative estimate of drug-likeness (QED) is 0.733. The number of halogens is 2. The number of benzene rings is 1. The van der Waals surface area contributed by atoms with E-state index in [4.69, 9.17) is 11.6 Å². The van der Waals surface area contributed by atoms with Crippen LogP contribution in [-0.2, 0) is 0 Å². The van der Waals surface area contributed by atoms with Gasteiger partial charge in [0.25, 0.3) is 5.95 Å². The Balaban J connectivity index is 1.62. The van der Waals surface area contributed by atoms with Crippen LogP contribution in [0.2, 0.25) is 5.15 Å². The van der Waals surface area contributed by atoms with Gasteiger partial charge in [0.15, 0.2) is 0 Å². The summed E-state index contributed by atoms with van der Waals surface area (Å²) < 4.78 is 14.6. The summed E-state index contributed by atoms with van der Waals surface area (Å²) in [6.45, 7) is 0. The summed E-state index contributed by atoms with van der Waals surface area (Å²) in [7, 11) is 0. The number of nitrogens with zero attached hydrogens (tertiary/aromatic N) is 4. The van der Waals surface area contributed by atoms with Crippen LogP contribution in [0.15, 0.2) is 42.6 Å². The molecule has 0 spiro atoms. The molecule has 0 saturated heterocycles. The molecule has 1 aromatic carbocycles. The zero-order valence-corrected chi connectivity index (χ0v) is 12.8. The van der Waals surface area contributed by atoms with Gasteiger partial charge in [-0.05, 0) is 43.2 Å². The molecular weight excluding hydrogens is 317 g/mol. The van der Waals surface area contributed by atoms with Crippen molar-refractivity contribution in [2.24, 2.45) is 0 Å². The van der Waals surface area contributed by atoms with E-state index in [0.717, 1.165) is 5.69 Å². The van der Waals surface area contributed by atoms with Crippen molar-refractivity contribution < 1.29 is 4.39 Å². The Morgan fingerprint density at radius 3 is 2.65 bits per heavy atom. The van der Waals surface area contributed by atoms with Gasteiger partial charge < -0.3 is 5.32 Å². The maximum Gasteiger partial charge on any atom is 0.253 e. The van der Waals surface area contributed by atoms with Crippen LogP contribution in [0.5, 0.6) is 0 Å². The van der Waals surface area contributed by atoms with E-state index < -0.39 is 0 Å². The highest BCUT2D eigenvalue weighted by molar-refractivity contribution is 6.29. The predicted octanol–water partition coefficient (Wildman–Crippen LogP) is 4.08. The van der Waals surface area contributed by atoms with E-state index in [1.165, 1.54) is 25.0 Å². The molecule has 4 rings (SSSR count). The van der Waals surface area contributed by atoms with Crippen molar-refractivity contribution in [3.8, 4) is 5.95 Å². The van der Waals surface area contributed by atoms with E-state index in [-0.39, 0.29) is 5.82 Å². The maximum absolute atomic E-state index is 13.0. The highest BCUT2D eigenvalue weighted by atomic mass is 35.5. The Bertz CT molecular complexity index is 842. The number of nitrogens with one attached hydrogen (secondary N) is 1. The van der Waals surface area contributed by atoms with Gasteiger partial charge in [-0.15, -0.1) is 0 Å². The lowest BCUT2D eigenvalue weighted by atomic mass is 10.3. The molecule has 116 valence electrons. The van der Waals surface area contributed by atoms with Gasteiger partial charge in [0.2, 0.25) is 0 Å². The van der Waals surface area contributed by atoms with Gasteiger partial charge in [0, 0.05) is 23.9 Å². The summed E-state index contributed by atoms with van der Waals surface area (Å²) in [4.78, 5) is 8.62. The second-order valence-corrected chi connectivity index (χ2v) is 5.85. The molecule has 0 aliphatic heterocycles. The van der Waals surface area contributed by atoms with Gasteiger partial charge in [-0.25, -0.2) is 9.07 Å². The second kappa shape index (κ2) is 5.62. The Hall–Kier alpha value is -2.47. The zero-order valence-electron chi connectivity index (χ0n) is 12.1. The molecule has 2 heterocycles. The summed E-state index contributed by atoms with van der Waals surface area (Å²) in [6.07, 6.45) is 4.20. The summed E-state index contributed by atoms with van der Waals surface area (Å²) in [5.41, 5.74) is 1.77. The van der Waals surface area contributed by atoms with Crippen LogP contribution in [0, 0.1) is 5.82 Å². The molecule has 0 unspecified atom stereocenters. The normalized spacial score (nSPS) is 14.0. The van der Waals surface area contributed by atoms with Gasteiger partial charge in [0.05, 0.1) is 5.69 Å². The Morgan fingerprint density at radius 1 is 1.13 bits per heavy atom. The largest absolute Gasteiger partial charge is 0.340 e. The third kappa shape index (κ3) is 3.17. The van der Waals surface area contributed by atoms with Gasteiger partial charge >= 0.3 is 0 Å². The first-order chi connectivity index (χ1) is 11.2. The molecule has 5 nitrogen and oxygen atoms in total. The maximum atomic E-state index is 13.0. The number of anilines is 2. The highest BCUT2D eigenvalue weighted by Gasteiger charge is 2.26. The van der Waals surface area contributed by atoms with E-state index >= 15 is 0 Å². The SMILES string of the molecule is Fc1ccc(Nc2cc(Cl)nc(-n3ccc(C4CC4)n3)n2)cc1. The Kier molecular flexibility index (Phi) is 3.46. The molecule has 3 aromatic rings. The lowest BCUT2D eigenvalue weighted by Gasteiger charge is -2.08. The van der Waals surface area contributed by atoms with Crippen LogP contribution in [0.3, 0.4) is 0 Å². The van der Waals surface area contributed by atoms with Crippen molar-refractivity contribution in [3.63, 3.8) is 0 Å². The first kappa shape index (κ1) is 14.1. The topological polar surface area (TPSA) is 55.6 Å². The minimum Gasteiger partial charge on any atom is -0.340 e. The molecule has 23 heavy (non-hydrogen) atoms. The van der Waals surface area contributed by atoms with Crippen LogP contribution in [-0.4, -0.2) is 19.7 Å². The van der Waals surface area contributed by atoms with Crippen LogP contribution in [0.1, 0.15) is 24.5 Å². The first-order valence-corrected chi connectivity index (χ1v) is 7.68. The Labute approximate surface area is 137 Å². The van der Waals surface area contributed by atoms with Crippen LogP contribution < -0.4 is 5.32 Å². The van der Waals surface area contributed by atoms with E-state index in [9.17, 15) is 4.39 Å². The van der Waals surface area contributed by atoms with Crippen molar-refractivity contribution in [3.05, 3.63) is 59.3 Å². The van der Waals surface area contributed by atoms with Gasteiger partial charge in [-0.2, -0.15) is 15.1 Å². The number of hydrogen-bond donors (Lipinski definition) is 1. The van der Waals surface area contributed by atoms with E-state index in [0.29, 0.717) is 28.5 Å². The average Bonchev–Trinajstić information content (AvgIpc) is 3.26. The molecule has 0 atom stereocenters. The lowest BCUT2D eigenvalue weighted by molar-refractivity contribution is 0.628. The molecule has 1 aliphatic rings. The number of aromatic nitrogens is 4. The summed E-state index contributed by atoms with van der Waals surface area (Å²) in [5.74, 6) is 1.19. The fourth-order valence-electron chi connectivity index (χ4n) is 2.30. The predicted molar refractivity (Wildman–Crippen MR) is 85.8 cm³/mol. The minimum absolute atomic E-state index is 0.291. The van der Waals surface area contributed by atoms with Crippen molar-refractivity contribution >= 4 is 23.1 Å². The fraction of sp³-hybridized carbons (Fsp3) is 0.188. The summed E-state index contributed by atoms with van der Waals surface area (Å²) in [5, 5.41) is 7.89. The van der Waals surface area contributed by atoms with Crippen LogP contribution in [0.25, 0.3) is 5.95 Å². The third-order valence-corrected chi connectivity index (χ3v) is 3.80. The van der Waals surface area contributed by atoms with E-state index in [1.807, 2.05) is 12.3 Å². The van der Waals surface area contributed by atoms with Gasteiger partial charge in [-0.1, -0.05) is 11.6 Å². The monoisotopic (exact) mass is 329 g/mol. The molecule has 0 bridgehead atoms. The number of hydrogen-bond acceptors (Lipinski definition) is 4. The molecule has 0 amide bonds. The molecule has 1 N–H and O–H groups in total. The molecule has 7 heteroatoms. The van der Waals surface area contributed by atoms with Gasteiger partial charge in [0.1, 0.15) is 16.8 Å². The average molecular weight is 330 g/mol.